The zero-order chi connectivity index (χ0) is 18.1. The molecule has 0 radical (unpaired) electrons. The molecule has 0 bridgehead atoms. The van der Waals surface area contributed by atoms with Crippen LogP contribution in [-0.4, -0.2) is 15.3 Å². The second-order valence-electron chi connectivity index (χ2n) is 6.11. The number of benzene rings is 2. The van der Waals surface area contributed by atoms with Gasteiger partial charge in [-0.2, -0.15) is 0 Å². The van der Waals surface area contributed by atoms with Gasteiger partial charge in [-0.25, -0.2) is 9.37 Å². The number of carbonyl (C=O) groups is 1. The van der Waals surface area contributed by atoms with Gasteiger partial charge in [0.25, 0.3) is 5.91 Å². The molecule has 4 nitrogen and oxygen atoms in total. The Labute approximate surface area is 149 Å². The van der Waals surface area contributed by atoms with Crippen molar-refractivity contribution in [2.75, 3.05) is 5.32 Å². The first-order valence-electron chi connectivity index (χ1n) is 8.22. The van der Waals surface area contributed by atoms with Crippen LogP contribution in [0.15, 0.2) is 73.1 Å². The Morgan fingerprint density at radius 3 is 2.73 bits per heavy atom. The summed E-state index contributed by atoms with van der Waals surface area (Å²) in [6, 6.07) is 17.2. The van der Waals surface area contributed by atoms with E-state index < -0.39 is 11.7 Å². The first kappa shape index (κ1) is 16.0. The maximum atomic E-state index is 13.8. The largest absolute Gasteiger partial charge is 0.322 e. The summed E-state index contributed by atoms with van der Waals surface area (Å²) in [4.78, 5) is 16.9. The second kappa shape index (κ2) is 6.44. The average molecular weight is 345 g/mol. The Kier molecular flexibility index (Phi) is 3.97. The van der Waals surface area contributed by atoms with Gasteiger partial charge in [0, 0.05) is 23.6 Å². The number of amides is 1. The summed E-state index contributed by atoms with van der Waals surface area (Å²) in [5, 5.41) is 2.74. The Hall–Kier alpha value is -3.47. The number of hydrogen-bond donors (Lipinski definition) is 1. The molecule has 4 rings (SSSR count). The van der Waals surface area contributed by atoms with Crippen LogP contribution in [0.2, 0.25) is 0 Å². The number of hydrogen-bond acceptors (Lipinski definition) is 2. The summed E-state index contributed by atoms with van der Waals surface area (Å²) in [7, 11) is 0. The van der Waals surface area contributed by atoms with Gasteiger partial charge in [0.05, 0.1) is 11.3 Å². The molecule has 0 aliphatic heterocycles. The summed E-state index contributed by atoms with van der Waals surface area (Å²) in [6.45, 7) is 2.03. The number of anilines is 1. The fourth-order valence-corrected chi connectivity index (χ4v) is 2.84. The van der Waals surface area contributed by atoms with E-state index in [1.54, 1.807) is 18.2 Å². The third kappa shape index (κ3) is 3.07. The van der Waals surface area contributed by atoms with Gasteiger partial charge in [0.15, 0.2) is 0 Å². The number of fused-ring (bicyclic) bond motifs is 1. The molecule has 0 saturated carbocycles. The molecule has 26 heavy (non-hydrogen) atoms. The van der Waals surface area contributed by atoms with Crippen molar-refractivity contribution in [2.45, 2.75) is 6.92 Å². The van der Waals surface area contributed by atoms with Gasteiger partial charge in [-0.3, -0.25) is 4.79 Å². The van der Waals surface area contributed by atoms with Crippen LogP contribution in [0.1, 0.15) is 15.9 Å². The molecule has 0 aliphatic carbocycles. The molecule has 0 atom stereocenters. The maximum absolute atomic E-state index is 13.8. The van der Waals surface area contributed by atoms with Gasteiger partial charge in [-0.1, -0.05) is 30.3 Å². The molecule has 1 amide bonds. The van der Waals surface area contributed by atoms with Gasteiger partial charge in [-0.15, -0.1) is 0 Å². The standard InChI is InChI=1S/C21H16FN3O/c1-14-9-10-20-24-19(13-25(20)12-14)15-5-4-6-16(11-15)23-21(26)17-7-2-3-8-18(17)22/h2-13H,1H3,(H,23,26). The van der Waals surface area contributed by atoms with E-state index in [-0.39, 0.29) is 5.56 Å². The molecular weight excluding hydrogens is 329 g/mol. The van der Waals surface area contributed by atoms with Crippen LogP contribution < -0.4 is 5.32 Å². The Balaban J connectivity index is 1.64. The van der Waals surface area contributed by atoms with E-state index >= 15 is 0 Å². The van der Waals surface area contributed by atoms with Crippen molar-refractivity contribution in [1.29, 1.82) is 0 Å². The highest BCUT2D eigenvalue weighted by atomic mass is 19.1. The molecule has 1 N–H and O–H groups in total. The van der Waals surface area contributed by atoms with Gasteiger partial charge in [0.2, 0.25) is 0 Å². The Morgan fingerprint density at radius 2 is 1.88 bits per heavy atom. The minimum atomic E-state index is -0.545. The predicted molar refractivity (Wildman–Crippen MR) is 99.7 cm³/mol. The van der Waals surface area contributed by atoms with Crippen LogP contribution in [0.25, 0.3) is 16.9 Å². The number of pyridine rings is 1. The molecule has 0 spiro atoms. The number of nitrogens with one attached hydrogen (secondary N) is 1. The zero-order valence-corrected chi connectivity index (χ0v) is 14.1. The first-order chi connectivity index (χ1) is 12.6. The monoisotopic (exact) mass is 345 g/mol. The molecule has 5 heteroatoms. The molecule has 2 aromatic carbocycles. The summed E-state index contributed by atoms with van der Waals surface area (Å²) >= 11 is 0. The molecule has 0 fully saturated rings. The summed E-state index contributed by atoms with van der Waals surface area (Å²) < 4.78 is 15.7. The zero-order valence-electron chi connectivity index (χ0n) is 14.1. The van der Waals surface area contributed by atoms with Crippen LogP contribution in [-0.2, 0) is 0 Å². The van der Waals surface area contributed by atoms with Crippen LogP contribution in [0, 0.1) is 12.7 Å². The lowest BCUT2D eigenvalue weighted by molar-refractivity contribution is 0.102. The minimum Gasteiger partial charge on any atom is -0.322 e. The van der Waals surface area contributed by atoms with Crippen molar-refractivity contribution >= 4 is 17.2 Å². The number of halogens is 1. The lowest BCUT2D eigenvalue weighted by atomic mass is 10.1. The third-order valence-corrected chi connectivity index (χ3v) is 4.13. The van der Waals surface area contributed by atoms with E-state index in [4.69, 9.17) is 0 Å². The number of carbonyl (C=O) groups excluding carboxylic acids is 1. The second-order valence-corrected chi connectivity index (χ2v) is 6.11. The summed E-state index contributed by atoms with van der Waals surface area (Å²) in [5.41, 5.74) is 4.28. The minimum absolute atomic E-state index is 0.0149. The fourth-order valence-electron chi connectivity index (χ4n) is 2.84. The van der Waals surface area contributed by atoms with Gasteiger partial charge >= 0.3 is 0 Å². The van der Waals surface area contributed by atoms with E-state index in [2.05, 4.69) is 10.3 Å². The van der Waals surface area contributed by atoms with E-state index in [0.29, 0.717) is 5.69 Å². The van der Waals surface area contributed by atoms with Crippen molar-refractivity contribution in [2.24, 2.45) is 0 Å². The molecule has 0 unspecified atom stereocenters. The van der Waals surface area contributed by atoms with Gasteiger partial charge in [-0.05, 0) is 42.8 Å². The first-order valence-corrected chi connectivity index (χ1v) is 8.22. The van der Waals surface area contributed by atoms with E-state index in [1.165, 1.54) is 12.1 Å². The lowest BCUT2D eigenvalue weighted by Crippen LogP contribution is -2.13. The number of imidazole rings is 1. The quantitative estimate of drug-likeness (QED) is 0.585. The number of aromatic nitrogens is 2. The van der Waals surface area contributed by atoms with E-state index in [9.17, 15) is 9.18 Å². The maximum Gasteiger partial charge on any atom is 0.258 e. The molecule has 0 saturated heterocycles. The van der Waals surface area contributed by atoms with Crippen molar-refractivity contribution < 1.29 is 9.18 Å². The summed E-state index contributed by atoms with van der Waals surface area (Å²) in [6.07, 6.45) is 3.95. The molecule has 2 aromatic heterocycles. The number of nitrogens with zero attached hydrogens (tertiary/aromatic N) is 2. The number of aryl methyl sites for hydroxylation is 1. The van der Waals surface area contributed by atoms with Crippen molar-refractivity contribution in [1.82, 2.24) is 9.38 Å². The van der Waals surface area contributed by atoms with Crippen LogP contribution in [0.5, 0.6) is 0 Å². The Morgan fingerprint density at radius 1 is 1.04 bits per heavy atom. The SMILES string of the molecule is Cc1ccc2nc(-c3cccc(NC(=O)c4ccccc4F)c3)cn2c1. The van der Waals surface area contributed by atoms with Crippen LogP contribution in [0.3, 0.4) is 0 Å². The van der Waals surface area contributed by atoms with E-state index in [1.807, 2.05) is 54.0 Å². The highest BCUT2D eigenvalue weighted by molar-refractivity contribution is 6.04. The van der Waals surface area contributed by atoms with Crippen LogP contribution >= 0.6 is 0 Å². The topological polar surface area (TPSA) is 46.4 Å². The van der Waals surface area contributed by atoms with Gasteiger partial charge in [0.1, 0.15) is 11.5 Å². The summed E-state index contributed by atoms with van der Waals surface area (Å²) in [5.74, 6) is -1.03. The molecule has 2 heterocycles. The highest BCUT2D eigenvalue weighted by Crippen LogP contribution is 2.23. The lowest BCUT2D eigenvalue weighted by Gasteiger charge is -2.07. The Bertz CT molecular complexity index is 1120. The fraction of sp³-hybridized carbons (Fsp3) is 0.0476. The molecule has 4 aromatic rings. The normalized spacial score (nSPS) is 10.8. The highest BCUT2D eigenvalue weighted by Gasteiger charge is 2.12. The van der Waals surface area contributed by atoms with Crippen molar-refractivity contribution in [3.8, 4) is 11.3 Å². The van der Waals surface area contributed by atoms with Gasteiger partial charge < -0.3 is 9.72 Å². The average Bonchev–Trinajstić information content (AvgIpc) is 3.05. The molecular formula is C21H16FN3O. The van der Waals surface area contributed by atoms with Crippen molar-refractivity contribution in [3.63, 3.8) is 0 Å². The molecule has 128 valence electrons. The van der Waals surface area contributed by atoms with E-state index in [0.717, 1.165) is 22.5 Å². The number of rotatable bonds is 3. The predicted octanol–water partition coefficient (Wildman–Crippen LogP) is 4.70. The smallest absolute Gasteiger partial charge is 0.258 e. The van der Waals surface area contributed by atoms with Crippen molar-refractivity contribution in [3.05, 3.63) is 90.0 Å². The third-order valence-electron chi connectivity index (χ3n) is 4.13. The molecule has 0 aliphatic rings. The van der Waals surface area contributed by atoms with Crippen LogP contribution in [0.4, 0.5) is 10.1 Å².